The van der Waals surface area contributed by atoms with Gasteiger partial charge in [0, 0.05) is 0 Å². The van der Waals surface area contributed by atoms with Crippen LogP contribution in [0.2, 0.25) is 0 Å². The van der Waals surface area contributed by atoms with Crippen LogP contribution in [0.5, 0.6) is 0 Å². The van der Waals surface area contributed by atoms with E-state index >= 15 is 0 Å². The molecule has 0 saturated heterocycles. The molecule has 0 heteroatoms. The molecule has 0 aromatic heterocycles. The standard InChI is InChI=1S/C52H32/c1-4-17-34(18-5-1)47-45-31-43-41-26-14-12-24-39(41)40-25-13-15-27-42(40)44(43)32-46(45)51-50(38-29-28-33-16-10-11-23-37(33)30-38)48(35-19-6-2-7-20-35)49(52(47)51)36-21-8-3-9-22-36/h1-32H. The van der Waals surface area contributed by atoms with Gasteiger partial charge < -0.3 is 0 Å². The van der Waals surface area contributed by atoms with E-state index in [1.807, 2.05) is 0 Å². The van der Waals surface area contributed by atoms with E-state index in [9.17, 15) is 0 Å². The lowest BCUT2D eigenvalue weighted by atomic mass is 9.85. The Hall–Kier alpha value is -6.76. The minimum atomic E-state index is 1.23. The monoisotopic (exact) mass is 656 g/mol. The van der Waals surface area contributed by atoms with E-state index in [4.69, 9.17) is 0 Å². The maximum atomic E-state index is 2.52. The summed E-state index contributed by atoms with van der Waals surface area (Å²) >= 11 is 0. The molecule has 0 spiro atoms. The number of fused-ring (bicyclic) bond motifs is 10. The average molecular weight is 657 g/mol. The minimum absolute atomic E-state index is 1.23. The largest absolute Gasteiger partial charge is 0.0622 e. The molecule has 240 valence electrons. The van der Waals surface area contributed by atoms with Gasteiger partial charge in [-0.2, -0.15) is 0 Å². The van der Waals surface area contributed by atoms with Crippen molar-refractivity contribution in [2.45, 2.75) is 0 Å². The van der Waals surface area contributed by atoms with Gasteiger partial charge >= 0.3 is 0 Å². The van der Waals surface area contributed by atoms with E-state index < -0.39 is 0 Å². The highest BCUT2D eigenvalue weighted by molar-refractivity contribution is 6.40. The molecule has 11 rings (SSSR count). The first-order valence-corrected chi connectivity index (χ1v) is 18.1. The van der Waals surface area contributed by atoms with Crippen molar-refractivity contribution < 1.29 is 0 Å². The third kappa shape index (κ3) is 4.22. The van der Waals surface area contributed by atoms with E-state index in [2.05, 4.69) is 194 Å². The molecule has 9 aromatic rings. The quantitative estimate of drug-likeness (QED) is 0.165. The van der Waals surface area contributed by atoms with Crippen LogP contribution in [0.3, 0.4) is 0 Å². The second kappa shape index (κ2) is 11.4. The maximum Gasteiger partial charge on any atom is -0.000137 e. The first-order chi connectivity index (χ1) is 25.8. The fraction of sp³-hybridized carbons (Fsp3) is 0. The molecule has 0 saturated carbocycles. The van der Waals surface area contributed by atoms with Gasteiger partial charge in [-0.15, -0.1) is 0 Å². The van der Waals surface area contributed by atoms with Crippen molar-refractivity contribution in [3.8, 4) is 0 Å². The Kier molecular flexibility index (Phi) is 6.35. The molecular formula is C52H32. The number of hydrogen-bond donors (Lipinski definition) is 0. The predicted octanol–water partition coefficient (Wildman–Crippen LogP) is 13.7. The summed E-state index contributed by atoms with van der Waals surface area (Å²) in [7, 11) is 0. The number of allylic oxidation sites excluding steroid dienone is 5. The lowest BCUT2D eigenvalue weighted by Crippen LogP contribution is -1.96. The van der Waals surface area contributed by atoms with Crippen LogP contribution in [0, 0.1) is 0 Å². The van der Waals surface area contributed by atoms with E-state index in [0.717, 1.165) is 0 Å². The highest BCUT2D eigenvalue weighted by Crippen LogP contribution is 2.62. The van der Waals surface area contributed by atoms with Gasteiger partial charge in [0.1, 0.15) is 0 Å². The fourth-order valence-corrected chi connectivity index (χ4v) is 8.97. The summed E-state index contributed by atoms with van der Waals surface area (Å²) in [6.07, 6.45) is 0. The molecule has 0 fully saturated rings. The van der Waals surface area contributed by atoms with Crippen LogP contribution < -0.4 is 0 Å². The normalized spacial score (nSPS) is 13.9. The van der Waals surface area contributed by atoms with E-state index in [1.54, 1.807) is 0 Å². The molecule has 0 heterocycles. The summed E-state index contributed by atoms with van der Waals surface area (Å²) in [5.41, 5.74) is 15.3. The molecule has 0 radical (unpaired) electrons. The van der Waals surface area contributed by atoms with Gasteiger partial charge in [-0.3, -0.25) is 0 Å². The zero-order valence-corrected chi connectivity index (χ0v) is 28.5. The van der Waals surface area contributed by atoms with Crippen molar-refractivity contribution in [3.63, 3.8) is 0 Å². The molecule has 0 aliphatic heterocycles. The fourth-order valence-electron chi connectivity index (χ4n) is 8.97. The molecule has 9 aromatic carbocycles. The molecule has 0 nitrogen and oxygen atoms in total. The molecule has 2 aliphatic carbocycles. The predicted molar refractivity (Wildman–Crippen MR) is 222 cm³/mol. The lowest BCUT2D eigenvalue weighted by molar-refractivity contribution is 1.56. The molecular weight excluding hydrogens is 625 g/mol. The molecule has 52 heavy (non-hydrogen) atoms. The van der Waals surface area contributed by atoms with Gasteiger partial charge in [-0.1, -0.05) is 176 Å². The van der Waals surface area contributed by atoms with Gasteiger partial charge in [-0.05, 0) is 128 Å². The molecule has 2 aliphatic rings. The Morgan fingerprint density at radius 2 is 0.577 bits per heavy atom. The average Bonchev–Trinajstić information content (AvgIpc) is 3.73. The van der Waals surface area contributed by atoms with Crippen LogP contribution in [0.1, 0.15) is 33.4 Å². The van der Waals surface area contributed by atoms with Gasteiger partial charge in [0.15, 0.2) is 0 Å². The Morgan fingerprint density at radius 3 is 1.12 bits per heavy atom. The van der Waals surface area contributed by atoms with Crippen molar-refractivity contribution in [1.82, 2.24) is 0 Å². The van der Waals surface area contributed by atoms with Crippen LogP contribution in [-0.4, -0.2) is 0 Å². The topological polar surface area (TPSA) is 0 Å². The zero-order valence-electron chi connectivity index (χ0n) is 28.5. The smallest absolute Gasteiger partial charge is 0.000137 e. The maximum absolute atomic E-state index is 2.52. The number of rotatable bonds is 4. The van der Waals surface area contributed by atoms with Crippen LogP contribution in [0.4, 0.5) is 0 Å². The van der Waals surface area contributed by atoms with Crippen molar-refractivity contribution in [3.05, 3.63) is 233 Å². The second-order valence-corrected chi connectivity index (χ2v) is 13.9. The Labute approximate surface area is 302 Å². The van der Waals surface area contributed by atoms with E-state index in [0.29, 0.717) is 0 Å². The number of benzene rings is 9. The molecule has 0 unspecified atom stereocenters. The Bertz CT molecular complexity index is 3010. The molecule has 0 amide bonds. The summed E-state index contributed by atoms with van der Waals surface area (Å²) < 4.78 is 0. The molecule has 0 atom stereocenters. The summed E-state index contributed by atoms with van der Waals surface area (Å²) in [4.78, 5) is 0. The first-order valence-electron chi connectivity index (χ1n) is 18.1. The highest BCUT2D eigenvalue weighted by Gasteiger charge is 2.40. The Balaban J connectivity index is 1.36. The van der Waals surface area contributed by atoms with E-state index in [1.165, 1.54) is 110 Å². The van der Waals surface area contributed by atoms with Crippen LogP contribution in [0.15, 0.2) is 200 Å². The molecule has 0 bridgehead atoms. The highest BCUT2D eigenvalue weighted by atomic mass is 14.4. The van der Waals surface area contributed by atoms with Crippen LogP contribution in [-0.2, 0) is 0 Å². The van der Waals surface area contributed by atoms with Crippen molar-refractivity contribution >= 4 is 71.0 Å². The summed E-state index contributed by atoms with van der Waals surface area (Å²) in [6, 6.07) is 71.7. The Morgan fingerprint density at radius 1 is 0.192 bits per heavy atom. The van der Waals surface area contributed by atoms with Crippen molar-refractivity contribution in [1.29, 1.82) is 0 Å². The van der Waals surface area contributed by atoms with Gasteiger partial charge in [0.2, 0.25) is 0 Å². The number of hydrogen-bond acceptors (Lipinski definition) is 0. The van der Waals surface area contributed by atoms with Gasteiger partial charge in [0.05, 0.1) is 0 Å². The summed E-state index contributed by atoms with van der Waals surface area (Å²) in [5, 5.41) is 10.3. The van der Waals surface area contributed by atoms with Crippen molar-refractivity contribution in [2.75, 3.05) is 0 Å². The van der Waals surface area contributed by atoms with Gasteiger partial charge in [0.25, 0.3) is 0 Å². The SMILES string of the molecule is c1ccc(C2=C(c3ccccc3)C(c3ccc4ccccc4c3)=C3C2=C(c2ccccc2)c2cc4c5ccccc5c5ccccc5c4cc23)cc1. The van der Waals surface area contributed by atoms with Crippen molar-refractivity contribution in [2.24, 2.45) is 0 Å². The summed E-state index contributed by atoms with van der Waals surface area (Å²) in [5.74, 6) is 0. The first kappa shape index (κ1) is 29.0. The lowest BCUT2D eigenvalue weighted by Gasteiger charge is -2.18. The van der Waals surface area contributed by atoms with Crippen LogP contribution in [0.25, 0.3) is 71.0 Å². The van der Waals surface area contributed by atoms with E-state index in [-0.39, 0.29) is 0 Å². The second-order valence-electron chi connectivity index (χ2n) is 13.9. The minimum Gasteiger partial charge on any atom is -0.0622 e. The zero-order chi connectivity index (χ0) is 34.2. The summed E-state index contributed by atoms with van der Waals surface area (Å²) in [6.45, 7) is 0. The van der Waals surface area contributed by atoms with Crippen LogP contribution >= 0.6 is 0 Å². The molecule has 0 N–H and O–H groups in total. The third-order valence-electron chi connectivity index (χ3n) is 11.1. The van der Waals surface area contributed by atoms with Gasteiger partial charge in [-0.25, -0.2) is 0 Å². The third-order valence-corrected chi connectivity index (χ3v) is 11.1.